The smallest absolute Gasteiger partial charge is 0.305 e. The van der Waals surface area contributed by atoms with Crippen LogP contribution in [-0.4, -0.2) is 51.3 Å². The molecule has 0 bridgehead atoms. The number of ether oxygens (including phenoxy) is 4. The SMILES string of the molecule is CCOC(=O)CC.COc1ccc(C2=NOC3(CCOC3)C2)cc1OC. The Kier molecular flexibility index (Phi) is 7.26. The van der Waals surface area contributed by atoms with Gasteiger partial charge in [0.25, 0.3) is 0 Å². The number of carbonyl (C=O) groups excluding carboxylic acids is 1. The third kappa shape index (κ3) is 4.88. The van der Waals surface area contributed by atoms with Gasteiger partial charge in [-0.15, -0.1) is 0 Å². The van der Waals surface area contributed by atoms with Crippen LogP contribution in [0.1, 0.15) is 38.7 Å². The normalized spacial score (nSPS) is 20.7. The minimum absolute atomic E-state index is 0.123. The number of esters is 1. The second-order valence-corrected chi connectivity index (χ2v) is 6.02. The largest absolute Gasteiger partial charge is 0.493 e. The Balaban J connectivity index is 0.000000298. The van der Waals surface area contributed by atoms with Crippen LogP contribution in [0.2, 0.25) is 0 Å². The van der Waals surface area contributed by atoms with E-state index >= 15 is 0 Å². The summed E-state index contributed by atoms with van der Waals surface area (Å²) in [6.45, 7) is 5.43. The molecular formula is C19H27NO6. The number of methoxy groups -OCH3 is 2. The molecule has 2 aliphatic heterocycles. The molecule has 0 aromatic heterocycles. The second kappa shape index (κ2) is 9.43. The monoisotopic (exact) mass is 365 g/mol. The maximum atomic E-state index is 10.2. The molecule has 7 nitrogen and oxygen atoms in total. The Bertz CT molecular complexity index is 637. The van der Waals surface area contributed by atoms with Gasteiger partial charge in [-0.25, -0.2) is 0 Å². The molecule has 1 unspecified atom stereocenters. The van der Waals surface area contributed by atoms with E-state index in [9.17, 15) is 4.79 Å². The van der Waals surface area contributed by atoms with Crippen LogP contribution in [0.4, 0.5) is 0 Å². The molecule has 1 saturated heterocycles. The quantitative estimate of drug-likeness (QED) is 0.747. The summed E-state index contributed by atoms with van der Waals surface area (Å²) >= 11 is 0. The van der Waals surface area contributed by atoms with E-state index in [4.69, 9.17) is 19.0 Å². The van der Waals surface area contributed by atoms with Crippen LogP contribution in [0.25, 0.3) is 0 Å². The van der Waals surface area contributed by atoms with Crippen LogP contribution >= 0.6 is 0 Å². The highest BCUT2D eigenvalue weighted by molar-refractivity contribution is 6.02. The van der Waals surface area contributed by atoms with Gasteiger partial charge in [0.15, 0.2) is 17.1 Å². The number of rotatable bonds is 5. The predicted octanol–water partition coefficient (Wildman–Crippen LogP) is 2.95. The lowest BCUT2D eigenvalue weighted by Gasteiger charge is -2.17. The van der Waals surface area contributed by atoms with Crippen LogP contribution in [0.3, 0.4) is 0 Å². The third-order valence-corrected chi connectivity index (χ3v) is 4.22. The van der Waals surface area contributed by atoms with Crippen molar-refractivity contribution in [2.45, 2.75) is 38.7 Å². The van der Waals surface area contributed by atoms with E-state index in [1.807, 2.05) is 18.2 Å². The van der Waals surface area contributed by atoms with Crippen LogP contribution in [0, 0.1) is 0 Å². The van der Waals surface area contributed by atoms with E-state index in [-0.39, 0.29) is 11.6 Å². The highest BCUT2D eigenvalue weighted by atomic mass is 16.7. The molecule has 0 saturated carbocycles. The van der Waals surface area contributed by atoms with Crippen molar-refractivity contribution in [2.24, 2.45) is 5.16 Å². The van der Waals surface area contributed by atoms with Gasteiger partial charge in [-0.1, -0.05) is 12.1 Å². The molecule has 1 aromatic carbocycles. The van der Waals surface area contributed by atoms with Crippen LogP contribution in [0.5, 0.6) is 11.5 Å². The van der Waals surface area contributed by atoms with E-state index < -0.39 is 0 Å². The van der Waals surface area contributed by atoms with Gasteiger partial charge in [0.1, 0.15) is 0 Å². The highest BCUT2D eigenvalue weighted by Crippen LogP contribution is 2.35. The van der Waals surface area contributed by atoms with E-state index in [0.717, 1.165) is 30.7 Å². The summed E-state index contributed by atoms with van der Waals surface area (Å²) in [4.78, 5) is 15.8. The fraction of sp³-hybridized carbons (Fsp3) is 0.579. The lowest BCUT2D eigenvalue weighted by molar-refractivity contribution is -0.142. The molecule has 2 aliphatic rings. The van der Waals surface area contributed by atoms with Crippen LogP contribution in [-0.2, 0) is 19.1 Å². The van der Waals surface area contributed by atoms with Gasteiger partial charge in [0.2, 0.25) is 0 Å². The number of nitrogens with zero attached hydrogens (tertiary/aromatic N) is 1. The average molecular weight is 365 g/mol. The lowest BCUT2D eigenvalue weighted by atomic mass is 9.93. The van der Waals surface area contributed by atoms with Crippen molar-refractivity contribution in [3.05, 3.63) is 23.8 Å². The Morgan fingerprint density at radius 1 is 1.23 bits per heavy atom. The summed E-state index contributed by atoms with van der Waals surface area (Å²) in [5, 5.41) is 4.21. The summed E-state index contributed by atoms with van der Waals surface area (Å²) in [5.74, 6) is 1.29. The van der Waals surface area contributed by atoms with Gasteiger partial charge in [-0.05, 0) is 25.1 Å². The topological polar surface area (TPSA) is 75.6 Å². The summed E-state index contributed by atoms with van der Waals surface area (Å²) in [6, 6.07) is 5.78. The summed E-state index contributed by atoms with van der Waals surface area (Å²) in [7, 11) is 3.25. The van der Waals surface area contributed by atoms with Crippen molar-refractivity contribution in [1.29, 1.82) is 0 Å². The number of hydrogen-bond donors (Lipinski definition) is 0. The maximum Gasteiger partial charge on any atom is 0.305 e. The molecule has 0 N–H and O–H groups in total. The van der Waals surface area contributed by atoms with Gasteiger partial charge in [-0.3, -0.25) is 4.79 Å². The Labute approximate surface area is 154 Å². The number of benzene rings is 1. The van der Waals surface area contributed by atoms with Gasteiger partial charge in [0, 0.05) is 24.8 Å². The van der Waals surface area contributed by atoms with E-state index in [1.54, 1.807) is 28.1 Å². The molecule has 7 heteroatoms. The first-order valence-corrected chi connectivity index (χ1v) is 8.78. The zero-order chi connectivity index (χ0) is 19.0. The molecule has 0 aliphatic carbocycles. The first-order chi connectivity index (χ1) is 12.6. The Morgan fingerprint density at radius 3 is 2.54 bits per heavy atom. The summed E-state index contributed by atoms with van der Waals surface area (Å²) in [5.41, 5.74) is 1.69. The molecule has 1 spiro atoms. The minimum atomic E-state index is -0.248. The van der Waals surface area contributed by atoms with Crippen molar-refractivity contribution in [3.8, 4) is 11.5 Å². The molecule has 1 fully saturated rings. The van der Waals surface area contributed by atoms with Crippen LogP contribution < -0.4 is 9.47 Å². The van der Waals surface area contributed by atoms with Crippen molar-refractivity contribution in [1.82, 2.24) is 0 Å². The zero-order valence-corrected chi connectivity index (χ0v) is 15.9. The fourth-order valence-electron chi connectivity index (χ4n) is 2.76. The van der Waals surface area contributed by atoms with Gasteiger partial charge >= 0.3 is 5.97 Å². The molecule has 0 amide bonds. The molecule has 26 heavy (non-hydrogen) atoms. The van der Waals surface area contributed by atoms with Gasteiger partial charge in [0.05, 0.1) is 39.8 Å². The zero-order valence-electron chi connectivity index (χ0n) is 15.9. The average Bonchev–Trinajstić information content (AvgIpc) is 3.32. The maximum absolute atomic E-state index is 10.2. The van der Waals surface area contributed by atoms with Crippen molar-refractivity contribution in [3.63, 3.8) is 0 Å². The van der Waals surface area contributed by atoms with E-state index in [2.05, 4.69) is 9.89 Å². The molecule has 144 valence electrons. The first kappa shape index (κ1) is 20.0. The highest BCUT2D eigenvalue weighted by Gasteiger charge is 2.43. The Morgan fingerprint density at radius 2 is 2.00 bits per heavy atom. The molecule has 0 radical (unpaired) electrons. The summed E-state index contributed by atoms with van der Waals surface area (Å²) < 4.78 is 20.5. The van der Waals surface area contributed by atoms with Crippen molar-refractivity contribution >= 4 is 11.7 Å². The fourth-order valence-corrected chi connectivity index (χ4v) is 2.76. The van der Waals surface area contributed by atoms with Crippen molar-refractivity contribution < 1.29 is 28.6 Å². The number of oxime groups is 1. The molecule has 3 rings (SSSR count). The number of carbonyl (C=O) groups is 1. The van der Waals surface area contributed by atoms with E-state index in [0.29, 0.717) is 31.1 Å². The Hall–Kier alpha value is -2.28. The minimum Gasteiger partial charge on any atom is -0.493 e. The van der Waals surface area contributed by atoms with Crippen LogP contribution in [0.15, 0.2) is 23.4 Å². The van der Waals surface area contributed by atoms with Gasteiger partial charge in [-0.2, -0.15) is 0 Å². The molecule has 2 heterocycles. The first-order valence-electron chi connectivity index (χ1n) is 8.78. The second-order valence-electron chi connectivity index (χ2n) is 6.02. The van der Waals surface area contributed by atoms with Gasteiger partial charge < -0.3 is 23.8 Å². The van der Waals surface area contributed by atoms with Crippen molar-refractivity contribution in [2.75, 3.05) is 34.0 Å². The predicted molar refractivity (Wildman–Crippen MR) is 96.9 cm³/mol. The lowest BCUT2D eigenvalue weighted by Crippen LogP contribution is -2.29. The third-order valence-electron chi connectivity index (χ3n) is 4.22. The summed E-state index contributed by atoms with van der Waals surface area (Å²) in [6.07, 6.45) is 2.16. The molecular weight excluding hydrogens is 338 g/mol. The van der Waals surface area contributed by atoms with E-state index in [1.165, 1.54) is 0 Å². The standard InChI is InChI=1S/C14H17NO4.C5H10O2/c1-16-12-4-3-10(7-13(12)17-2)11-8-14(19-15-11)5-6-18-9-14;1-3-5(6)7-4-2/h3-4,7H,5-6,8-9H2,1-2H3;3-4H2,1-2H3. The molecule has 1 aromatic rings. The number of hydrogen-bond acceptors (Lipinski definition) is 7. The molecule has 1 atom stereocenters.